The van der Waals surface area contributed by atoms with Crippen molar-refractivity contribution in [1.29, 1.82) is 0 Å². The van der Waals surface area contributed by atoms with Gasteiger partial charge in [0.05, 0.1) is 10.2 Å². The molecule has 4 nitrogen and oxygen atoms in total. The van der Waals surface area contributed by atoms with Gasteiger partial charge in [0.1, 0.15) is 17.0 Å². The van der Waals surface area contributed by atoms with Crippen LogP contribution in [0, 0.1) is 6.92 Å². The highest BCUT2D eigenvalue weighted by atomic mass is 32.1. The van der Waals surface area contributed by atoms with Gasteiger partial charge >= 0.3 is 0 Å². The molecule has 0 spiro atoms. The van der Waals surface area contributed by atoms with E-state index >= 15 is 0 Å². The number of nitrogens with zero attached hydrogens (tertiary/aromatic N) is 3. The van der Waals surface area contributed by atoms with Crippen LogP contribution in [0.2, 0.25) is 0 Å². The van der Waals surface area contributed by atoms with Gasteiger partial charge in [-0.2, -0.15) is 0 Å². The maximum atomic E-state index is 5.96. The molecule has 0 amide bonds. The van der Waals surface area contributed by atoms with E-state index in [2.05, 4.69) is 16.9 Å². The quantitative estimate of drug-likeness (QED) is 0.682. The number of nitrogens with two attached hydrogens (primary N) is 1. The molecule has 0 atom stereocenters. The smallest absolute Gasteiger partial charge is 0.144 e. The lowest BCUT2D eigenvalue weighted by Crippen LogP contribution is -2.07. The Labute approximate surface area is 114 Å². The molecule has 0 unspecified atom stereocenters. The molecule has 0 bridgehead atoms. The van der Waals surface area contributed by atoms with Crippen molar-refractivity contribution in [2.75, 3.05) is 5.73 Å². The lowest BCUT2D eigenvalue weighted by atomic mass is 9.91. The van der Waals surface area contributed by atoms with Crippen LogP contribution in [0.1, 0.15) is 29.7 Å². The van der Waals surface area contributed by atoms with Gasteiger partial charge in [0.25, 0.3) is 0 Å². The third-order valence-electron chi connectivity index (χ3n) is 3.98. The first-order valence-electron chi connectivity index (χ1n) is 6.56. The highest BCUT2D eigenvalue weighted by Crippen LogP contribution is 2.38. The molecule has 96 valence electrons. The Morgan fingerprint density at radius 3 is 2.95 bits per heavy atom. The number of aryl methyl sites for hydroxylation is 2. The van der Waals surface area contributed by atoms with Gasteiger partial charge in [-0.1, -0.05) is 0 Å². The lowest BCUT2D eigenvalue weighted by molar-refractivity contribution is 0.668. The summed E-state index contributed by atoms with van der Waals surface area (Å²) in [5.74, 6) is 0.561. The van der Waals surface area contributed by atoms with E-state index in [9.17, 15) is 0 Å². The summed E-state index contributed by atoms with van der Waals surface area (Å²) in [5.41, 5.74) is 11.0. The molecule has 3 aromatic rings. The van der Waals surface area contributed by atoms with Crippen molar-refractivity contribution in [1.82, 2.24) is 15.0 Å². The second-order valence-corrected chi connectivity index (χ2v) is 6.09. The number of aromatic nitrogens is 3. The number of pyridine rings is 1. The number of rotatable bonds is 0. The second kappa shape index (κ2) is 3.87. The SMILES string of the molecule is Cc1c2c(nc3sc4c(N)ncnc4c13)CCCC2. The molecule has 3 aromatic heterocycles. The topological polar surface area (TPSA) is 64.7 Å². The van der Waals surface area contributed by atoms with Crippen LogP contribution in [-0.4, -0.2) is 15.0 Å². The average molecular weight is 270 g/mol. The predicted octanol–water partition coefficient (Wildman–Crippen LogP) is 3.01. The molecule has 1 aliphatic rings. The molecule has 0 saturated carbocycles. The second-order valence-electron chi connectivity index (χ2n) is 5.09. The van der Waals surface area contributed by atoms with E-state index in [4.69, 9.17) is 10.7 Å². The Balaban J connectivity index is 2.19. The van der Waals surface area contributed by atoms with Gasteiger partial charge in [-0.25, -0.2) is 15.0 Å². The van der Waals surface area contributed by atoms with Crippen molar-refractivity contribution in [3.05, 3.63) is 23.1 Å². The number of thiophene rings is 1. The molecule has 4 rings (SSSR count). The monoisotopic (exact) mass is 270 g/mol. The van der Waals surface area contributed by atoms with Crippen LogP contribution < -0.4 is 5.73 Å². The molecule has 3 heterocycles. The van der Waals surface area contributed by atoms with E-state index in [1.165, 1.54) is 35.0 Å². The van der Waals surface area contributed by atoms with Crippen molar-refractivity contribution in [2.45, 2.75) is 32.6 Å². The van der Waals surface area contributed by atoms with E-state index in [1.807, 2.05) is 0 Å². The van der Waals surface area contributed by atoms with Gasteiger partial charge in [-0.3, -0.25) is 0 Å². The number of nitrogen functional groups attached to an aromatic ring is 1. The Bertz CT molecular complexity index is 806. The first-order valence-corrected chi connectivity index (χ1v) is 7.38. The van der Waals surface area contributed by atoms with Gasteiger partial charge in [0, 0.05) is 11.1 Å². The molecule has 2 N–H and O–H groups in total. The molecular weight excluding hydrogens is 256 g/mol. The average Bonchev–Trinajstić information content (AvgIpc) is 2.79. The van der Waals surface area contributed by atoms with E-state index in [1.54, 1.807) is 17.7 Å². The molecule has 0 aliphatic heterocycles. The predicted molar refractivity (Wildman–Crippen MR) is 78.5 cm³/mol. The van der Waals surface area contributed by atoms with Crippen molar-refractivity contribution < 1.29 is 0 Å². The fourth-order valence-corrected chi connectivity index (χ4v) is 4.13. The summed E-state index contributed by atoms with van der Waals surface area (Å²) in [5, 5.41) is 1.18. The summed E-state index contributed by atoms with van der Waals surface area (Å²) >= 11 is 1.61. The number of hydrogen-bond donors (Lipinski definition) is 1. The Morgan fingerprint density at radius 1 is 1.21 bits per heavy atom. The summed E-state index contributed by atoms with van der Waals surface area (Å²) in [6.07, 6.45) is 6.30. The van der Waals surface area contributed by atoms with Gasteiger partial charge in [-0.05, 0) is 43.7 Å². The van der Waals surface area contributed by atoms with Gasteiger partial charge in [0.15, 0.2) is 0 Å². The zero-order valence-corrected chi connectivity index (χ0v) is 11.5. The van der Waals surface area contributed by atoms with Crippen LogP contribution in [0.15, 0.2) is 6.33 Å². The summed E-state index contributed by atoms with van der Waals surface area (Å²) < 4.78 is 0.968. The maximum absolute atomic E-state index is 5.96. The Kier molecular flexibility index (Phi) is 2.26. The van der Waals surface area contributed by atoms with Crippen LogP contribution in [0.25, 0.3) is 20.4 Å². The van der Waals surface area contributed by atoms with Gasteiger partial charge in [-0.15, -0.1) is 11.3 Å². The molecule has 0 saturated heterocycles. The fourth-order valence-electron chi connectivity index (χ4n) is 3.02. The Hall–Kier alpha value is -1.75. The summed E-state index contributed by atoms with van der Waals surface area (Å²) in [6.45, 7) is 2.19. The zero-order valence-electron chi connectivity index (χ0n) is 10.7. The summed E-state index contributed by atoms with van der Waals surface area (Å²) in [6, 6.07) is 0. The van der Waals surface area contributed by atoms with E-state index in [0.717, 1.165) is 27.9 Å². The van der Waals surface area contributed by atoms with Crippen molar-refractivity contribution in [3.63, 3.8) is 0 Å². The Morgan fingerprint density at radius 2 is 2.05 bits per heavy atom. The van der Waals surface area contributed by atoms with E-state index < -0.39 is 0 Å². The lowest BCUT2D eigenvalue weighted by Gasteiger charge is -2.17. The molecule has 0 aromatic carbocycles. The van der Waals surface area contributed by atoms with Crippen LogP contribution in [0.5, 0.6) is 0 Å². The van der Waals surface area contributed by atoms with Gasteiger partial charge < -0.3 is 5.73 Å². The number of fused-ring (bicyclic) bond motifs is 4. The summed E-state index contributed by atoms with van der Waals surface area (Å²) in [7, 11) is 0. The molecule has 5 heteroatoms. The molecular formula is C14H14N4S. The normalized spacial score (nSPS) is 15.0. The molecule has 19 heavy (non-hydrogen) atoms. The highest BCUT2D eigenvalue weighted by molar-refractivity contribution is 7.25. The fraction of sp³-hybridized carbons (Fsp3) is 0.357. The summed E-state index contributed by atoms with van der Waals surface area (Å²) in [4.78, 5) is 14.4. The zero-order chi connectivity index (χ0) is 13.0. The standard InChI is InChI=1S/C14H14N4S/c1-7-8-4-2-3-5-9(8)18-14-10(7)11-12(19-14)13(15)17-6-16-11/h6H,2-5H2,1H3,(H2,15,16,17). The van der Waals surface area contributed by atoms with Crippen LogP contribution in [0.3, 0.4) is 0 Å². The van der Waals surface area contributed by atoms with Crippen LogP contribution in [-0.2, 0) is 12.8 Å². The molecule has 0 radical (unpaired) electrons. The number of anilines is 1. The first kappa shape index (κ1) is 11.1. The minimum atomic E-state index is 0.561. The third-order valence-corrected chi connectivity index (χ3v) is 5.08. The van der Waals surface area contributed by atoms with Crippen LogP contribution in [0.4, 0.5) is 5.82 Å². The van der Waals surface area contributed by atoms with E-state index in [-0.39, 0.29) is 0 Å². The van der Waals surface area contributed by atoms with E-state index in [0.29, 0.717) is 5.82 Å². The van der Waals surface area contributed by atoms with Crippen LogP contribution >= 0.6 is 11.3 Å². The van der Waals surface area contributed by atoms with Gasteiger partial charge in [0.2, 0.25) is 0 Å². The highest BCUT2D eigenvalue weighted by Gasteiger charge is 2.20. The first-order chi connectivity index (χ1) is 9.25. The number of hydrogen-bond acceptors (Lipinski definition) is 5. The minimum Gasteiger partial charge on any atom is -0.382 e. The van der Waals surface area contributed by atoms with Crippen molar-refractivity contribution in [3.8, 4) is 0 Å². The molecule has 0 fully saturated rings. The molecule has 1 aliphatic carbocycles. The largest absolute Gasteiger partial charge is 0.382 e. The minimum absolute atomic E-state index is 0.561. The van der Waals surface area contributed by atoms with Crippen molar-refractivity contribution >= 4 is 37.6 Å². The maximum Gasteiger partial charge on any atom is 0.144 e. The third kappa shape index (κ3) is 1.48. The van der Waals surface area contributed by atoms with Crippen molar-refractivity contribution in [2.24, 2.45) is 0 Å².